The van der Waals surface area contributed by atoms with Gasteiger partial charge >= 0.3 is 5.97 Å². The molecule has 1 fully saturated rings. The third kappa shape index (κ3) is 7.52. The number of aliphatic carboxylic acids is 1. The molecule has 0 unspecified atom stereocenters. The molecule has 6 heteroatoms. The van der Waals surface area contributed by atoms with E-state index in [0.717, 1.165) is 43.5 Å². The van der Waals surface area contributed by atoms with Crippen LogP contribution in [0.4, 0.5) is 0 Å². The first-order valence-corrected chi connectivity index (χ1v) is 9.30. The fourth-order valence-electron chi connectivity index (χ4n) is 2.41. The largest absolute Gasteiger partial charge is 0.478 e. The molecule has 1 saturated heterocycles. The molecule has 3 rings (SSSR count). The minimum atomic E-state index is -0.838. The summed E-state index contributed by atoms with van der Waals surface area (Å²) in [6, 6.07) is 1.96. The van der Waals surface area contributed by atoms with Crippen molar-refractivity contribution in [3.8, 4) is 0 Å². The zero-order chi connectivity index (χ0) is 18.7. The number of carboxylic acid groups (broad SMARTS) is 1. The lowest BCUT2D eigenvalue weighted by Crippen LogP contribution is -2.35. The predicted octanol–water partition coefficient (Wildman–Crippen LogP) is 1.72. The highest BCUT2D eigenvalue weighted by atomic mass is 32.1. The molecule has 0 bridgehead atoms. The third-order valence-corrected chi connectivity index (χ3v) is 4.79. The number of methoxy groups -OCH3 is 1. The van der Waals surface area contributed by atoms with E-state index in [1.54, 1.807) is 31.6 Å². The molecule has 0 amide bonds. The van der Waals surface area contributed by atoms with Crippen molar-refractivity contribution in [3.05, 3.63) is 32.3 Å². The quantitative estimate of drug-likeness (QED) is 0.862. The minimum absolute atomic E-state index is 0.429. The maximum atomic E-state index is 10.9. The van der Waals surface area contributed by atoms with E-state index in [0.29, 0.717) is 5.57 Å². The van der Waals surface area contributed by atoms with Gasteiger partial charge in [-0.25, -0.2) is 4.79 Å². The van der Waals surface area contributed by atoms with E-state index in [2.05, 4.69) is 22.6 Å². The molecule has 1 aromatic heterocycles. The van der Waals surface area contributed by atoms with E-state index in [1.807, 2.05) is 18.4 Å². The van der Waals surface area contributed by atoms with Crippen LogP contribution in [0.15, 0.2) is 22.6 Å². The van der Waals surface area contributed by atoms with Crippen LogP contribution in [0.1, 0.15) is 20.3 Å². The molecular formula is C19H29NO4S. The van der Waals surface area contributed by atoms with Crippen molar-refractivity contribution in [1.82, 2.24) is 4.90 Å². The summed E-state index contributed by atoms with van der Waals surface area (Å²) in [4.78, 5) is 13.3. The Hall–Kier alpha value is -1.47. The number of fused-ring (bicyclic) bond motifs is 1. The summed E-state index contributed by atoms with van der Waals surface area (Å²) in [7, 11) is 3.25. The number of carboxylic acids is 1. The topological polar surface area (TPSA) is 59.0 Å². The highest BCUT2D eigenvalue weighted by molar-refractivity contribution is 7.07. The van der Waals surface area contributed by atoms with Gasteiger partial charge in [0.2, 0.25) is 0 Å². The van der Waals surface area contributed by atoms with Gasteiger partial charge < -0.3 is 14.6 Å². The number of rotatable bonds is 2. The van der Waals surface area contributed by atoms with Gasteiger partial charge in [-0.05, 0) is 42.6 Å². The van der Waals surface area contributed by atoms with Gasteiger partial charge in [0, 0.05) is 31.8 Å². The average molecular weight is 368 g/mol. The summed E-state index contributed by atoms with van der Waals surface area (Å²) < 4.78 is 10.6. The molecule has 0 atom stereocenters. The molecule has 1 aliphatic carbocycles. The first-order chi connectivity index (χ1) is 12.0. The molecule has 0 saturated carbocycles. The predicted molar refractivity (Wildman–Crippen MR) is 103 cm³/mol. The molecule has 0 spiro atoms. The minimum Gasteiger partial charge on any atom is -0.478 e. The highest BCUT2D eigenvalue weighted by Crippen LogP contribution is 2.12. The van der Waals surface area contributed by atoms with Crippen LogP contribution in [-0.4, -0.2) is 63.0 Å². The van der Waals surface area contributed by atoms with Crippen LogP contribution in [-0.2, 0) is 14.3 Å². The molecule has 1 N–H and O–H groups in total. The standard InChI is InChI=1S/C11H10O2S.C6H13NO.C2H6O/c1-7-2-3-10-8(4-5-14-10)6-9(7)11(12)13;1-2-7-3-5-8-6-4-7;1-3-2/h3-6H,2H2,1H3,(H,12,13);2-6H2,1H3;1-2H3. The van der Waals surface area contributed by atoms with Crippen molar-refractivity contribution in [2.75, 3.05) is 47.1 Å². The van der Waals surface area contributed by atoms with Gasteiger partial charge in [0.25, 0.3) is 0 Å². The van der Waals surface area contributed by atoms with Crippen molar-refractivity contribution < 1.29 is 19.4 Å². The summed E-state index contributed by atoms with van der Waals surface area (Å²) in [5, 5.41) is 12.0. The zero-order valence-electron chi connectivity index (χ0n) is 15.6. The van der Waals surface area contributed by atoms with Crippen LogP contribution in [0.2, 0.25) is 0 Å². The Balaban J connectivity index is 0.000000241. The number of morpholine rings is 1. The molecule has 140 valence electrons. The van der Waals surface area contributed by atoms with Gasteiger partial charge in [-0.1, -0.05) is 18.6 Å². The van der Waals surface area contributed by atoms with Gasteiger partial charge in [0.15, 0.2) is 0 Å². The lowest BCUT2D eigenvalue weighted by Gasteiger charge is -2.24. The number of carbonyl (C=O) groups is 1. The molecule has 1 aliphatic heterocycles. The molecule has 2 aliphatic rings. The fourth-order valence-corrected chi connectivity index (χ4v) is 3.22. The lowest BCUT2D eigenvalue weighted by atomic mass is 10.1. The van der Waals surface area contributed by atoms with E-state index in [4.69, 9.17) is 9.84 Å². The van der Waals surface area contributed by atoms with Crippen LogP contribution in [0.5, 0.6) is 0 Å². The van der Waals surface area contributed by atoms with Crippen LogP contribution in [0.3, 0.4) is 0 Å². The summed E-state index contributed by atoms with van der Waals surface area (Å²) in [6.45, 7) is 9.32. The molecule has 5 nitrogen and oxygen atoms in total. The Morgan fingerprint density at radius 1 is 1.36 bits per heavy atom. The van der Waals surface area contributed by atoms with Crippen molar-refractivity contribution in [3.63, 3.8) is 0 Å². The van der Waals surface area contributed by atoms with Crippen molar-refractivity contribution in [2.45, 2.75) is 20.3 Å². The summed E-state index contributed by atoms with van der Waals surface area (Å²) in [5.41, 5.74) is 1.35. The first-order valence-electron chi connectivity index (χ1n) is 8.42. The van der Waals surface area contributed by atoms with Crippen LogP contribution in [0, 0.1) is 0 Å². The van der Waals surface area contributed by atoms with E-state index in [-0.39, 0.29) is 0 Å². The SMILES string of the molecule is CC1=C(C(=O)O)C=c2ccsc2=CC1.CCN1CCOCC1.COC. The van der Waals surface area contributed by atoms with Gasteiger partial charge in [-0.3, -0.25) is 4.90 Å². The van der Waals surface area contributed by atoms with E-state index in [9.17, 15) is 4.79 Å². The summed E-state index contributed by atoms with van der Waals surface area (Å²) >= 11 is 1.65. The molecular weight excluding hydrogens is 338 g/mol. The number of hydrogen-bond donors (Lipinski definition) is 1. The Kier molecular flexibility index (Phi) is 10.3. The van der Waals surface area contributed by atoms with E-state index in [1.165, 1.54) is 11.1 Å². The number of hydrogen-bond acceptors (Lipinski definition) is 5. The Bertz CT molecular complexity index is 672. The van der Waals surface area contributed by atoms with Crippen LogP contribution < -0.4 is 9.75 Å². The summed E-state index contributed by atoms with van der Waals surface area (Å²) in [6.07, 6.45) is 4.57. The maximum Gasteiger partial charge on any atom is 0.335 e. The van der Waals surface area contributed by atoms with Gasteiger partial charge in [-0.2, -0.15) is 0 Å². The highest BCUT2D eigenvalue weighted by Gasteiger charge is 2.09. The Morgan fingerprint density at radius 2 is 2.00 bits per heavy atom. The Morgan fingerprint density at radius 3 is 2.52 bits per heavy atom. The second-order valence-electron chi connectivity index (χ2n) is 5.75. The number of thiophene rings is 1. The Labute approximate surface area is 153 Å². The van der Waals surface area contributed by atoms with Crippen LogP contribution >= 0.6 is 11.3 Å². The first kappa shape index (κ1) is 21.6. The molecule has 2 heterocycles. The smallest absolute Gasteiger partial charge is 0.335 e. The molecule has 25 heavy (non-hydrogen) atoms. The van der Waals surface area contributed by atoms with Crippen LogP contribution in [0.25, 0.3) is 12.2 Å². The summed E-state index contributed by atoms with van der Waals surface area (Å²) in [5.74, 6) is -0.838. The number of nitrogens with zero attached hydrogens (tertiary/aromatic N) is 1. The van der Waals surface area contributed by atoms with E-state index < -0.39 is 5.97 Å². The normalized spacial score (nSPS) is 16.8. The fraction of sp³-hybridized carbons (Fsp3) is 0.526. The van der Waals surface area contributed by atoms with Crippen molar-refractivity contribution in [1.29, 1.82) is 0 Å². The number of allylic oxidation sites excluding steroid dienone is 1. The molecule has 0 radical (unpaired) electrons. The second kappa shape index (κ2) is 12.0. The monoisotopic (exact) mass is 367 g/mol. The maximum absolute atomic E-state index is 10.9. The third-order valence-electron chi connectivity index (χ3n) is 3.86. The molecule has 0 aromatic carbocycles. The van der Waals surface area contributed by atoms with Crippen molar-refractivity contribution >= 4 is 29.5 Å². The van der Waals surface area contributed by atoms with Crippen molar-refractivity contribution in [2.24, 2.45) is 0 Å². The van der Waals surface area contributed by atoms with Gasteiger partial charge in [0.1, 0.15) is 0 Å². The molecule has 1 aromatic rings. The van der Waals surface area contributed by atoms with E-state index >= 15 is 0 Å². The number of ether oxygens (including phenoxy) is 2. The zero-order valence-corrected chi connectivity index (χ0v) is 16.4. The number of likely N-dealkylation sites (N-methyl/N-ethyl adjacent to an activating group) is 1. The van der Waals surface area contributed by atoms with Gasteiger partial charge in [-0.15, -0.1) is 11.3 Å². The average Bonchev–Trinajstić information content (AvgIpc) is 3.00. The second-order valence-corrected chi connectivity index (χ2v) is 6.69. The van der Waals surface area contributed by atoms with Gasteiger partial charge in [0.05, 0.1) is 18.8 Å². The lowest BCUT2D eigenvalue weighted by molar-refractivity contribution is -0.132.